The number of rotatable bonds is 1. The highest BCUT2D eigenvalue weighted by molar-refractivity contribution is 5.79. The van der Waals surface area contributed by atoms with Gasteiger partial charge in [0, 0.05) is 57.9 Å². The second kappa shape index (κ2) is 8.10. The Morgan fingerprint density at radius 2 is 1.75 bits per heavy atom. The standard InChI is InChI=1S/C10H20N2O.C9H10N2/c1-11-4-6-12(7-5-11)10-2-8-13-9-3-10;1-7-3-4-9-8(5-7)6-10-11(9)2/h10H,2-9H2,1H3;3-6H,1-2H3. The number of likely N-dealkylation sites (N-methyl/N-ethyl adjacent to an activating group) is 1. The van der Waals surface area contributed by atoms with Crippen molar-refractivity contribution in [3.8, 4) is 0 Å². The largest absolute Gasteiger partial charge is 0.381 e. The SMILES string of the molecule is CN1CCN(C2CCOCC2)CC1.Cc1ccc2c(cnn2C)c1. The van der Waals surface area contributed by atoms with Crippen LogP contribution in [0.4, 0.5) is 0 Å². The molecular formula is C19H30N4O. The highest BCUT2D eigenvalue weighted by atomic mass is 16.5. The van der Waals surface area contributed by atoms with Crippen LogP contribution in [-0.4, -0.2) is 72.1 Å². The number of hydrogen-bond acceptors (Lipinski definition) is 4. The molecule has 2 aliphatic rings. The molecule has 0 atom stereocenters. The molecule has 0 unspecified atom stereocenters. The van der Waals surface area contributed by atoms with E-state index in [1.54, 1.807) is 0 Å². The summed E-state index contributed by atoms with van der Waals surface area (Å²) in [4.78, 5) is 5.05. The van der Waals surface area contributed by atoms with Crippen LogP contribution in [0.1, 0.15) is 18.4 Å². The summed E-state index contributed by atoms with van der Waals surface area (Å²) in [7, 11) is 4.17. The third kappa shape index (κ3) is 4.35. The molecule has 5 nitrogen and oxygen atoms in total. The summed E-state index contributed by atoms with van der Waals surface area (Å²) in [6.07, 6.45) is 4.37. The first kappa shape index (κ1) is 17.4. The first-order chi connectivity index (χ1) is 11.6. The molecule has 4 rings (SSSR count). The fraction of sp³-hybridized carbons (Fsp3) is 0.632. The Hall–Kier alpha value is -1.43. The average molecular weight is 330 g/mol. The van der Waals surface area contributed by atoms with Crippen LogP contribution in [0.15, 0.2) is 24.4 Å². The minimum absolute atomic E-state index is 0.808. The molecule has 2 aliphatic heterocycles. The number of hydrogen-bond donors (Lipinski definition) is 0. The predicted octanol–water partition coefficient (Wildman–Crippen LogP) is 2.29. The van der Waals surface area contributed by atoms with Crippen molar-refractivity contribution in [2.75, 3.05) is 46.4 Å². The van der Waals surface area contributed by atoms with Gasteiger partial charge in [0.25, 0.3) is 0 Å². The number of fused-ring (bicyclic) bond motifs is 1. The maximum Gasteiger partial charge on any atom is 0.0679 e. The highest BCUT2D eigenvalue weighted by Crippen LogP contribution is 2.16. The van der Waals surface area contributed by atoms with Crippen molar-refractivity contribution in [1.82, 2.24) is 19.6 Å². The fourth-order valence-electron chi connectivity index (χ4n) is 3.52. The van der Waals surface area contributed by atoms with E-state index < -0.39 is 0 Å². The average Bonchev–Trinajstić information content (AvgIpc) is 2.97. The van der Waals surface area contributed by atoms with Crippen molar-refractivity contribution < 1.29 is 4.74 Å². The molecule has 24 heavy (non-hydrogen) atoms. The molecule has 2 aromatic rings. The zero-order valence-electron chi connectivity index (χ0n) is 15.2. The number of ether oxygens (including phenoxy) is 1. The monoisotopic (exact) mass is 330 g/mol. The lowest BCUT2D eigenvalue weighted by Crippen LogP contribution is -2.50. The molecule has 0 spiro atoms. The van der Waals surface area contributed by atoms with E-state index in [4.69, 9.17) is 4.74 Å². The van der Waals surface area contributed by atoms with E-state index in [9.17, 15) is 0 Å². The van der Waals surface area contributed by atoms with E-state index in [0.29, 0.717) is 0 Å². The fourth-order valence-corrected chi connectivity index (χ4v) is 3.52. The van der Waals surface area contributed by atoms with Crippen LogP contribution >= 0.6 is 0 Å². The third-order valence-corrected chi connectivity index (χ3v) is 5.15. The minimum atomic E-state index is 0.808. The lowest BCUT2D eigenvalue weighted by Gasteiger charge is -2.39. The Labute approximate surface area is 145 Å². The molecule has 5 heteroatoms. The highest BCUT2D eigenvalue weighted by Gasteiger charge is 2.23. The number of benzene rings is 1. The van der Waals surface area contributed by atoms with E-state index in [1.807, 2.05) is 17.9 Å². The normalized spacial score (nSPS) is 20.8. The maximum atomic E-state index is 5.37. The summed E-state index contributed by atoms with van der Waals surface area (Å²) in [5, 5.41) is 5.37. The molecule has 0 N–H and O–H groups in total. The van der Waals surface area contributed by atoms with Gasteiger partial charge < -0.3 is 9.64 Å². The van der Waals surface area contributed by atoms with Gasteiger partial charge in [-0.05, 0) is 38.9 Å². The molecule has 2 saturated heterocycles. The molecule has 1 aromatic heterocycles. The summed E-state index contributed by atoms with van der Waals surface area (Å²) < 4.78 is 7.26. The van der Waals surface area contributed by atoms with Gasteiger partial charge in [0.05, 0.1) is 11.7 Å². The zero-order chi connectivity index (χ0) is 16.9. The van der Waals surface area contributed by atoms with Gasteiger partial charge in [-0.25, -0.2) is 0 Å². The maximum absolute atomic E-state index is 5.37. The molecule has 132 valence electrons. The van der Waals surface area contributed by atoms with E-state index >= 15 is 0 Å². The van der Waals surface area contributed by atoms with Crippen LogP contribution in [0.5, 0.6) is 0 Å². The molecule has 3 heterocycles. The molecule has 0 radical (unpaired) electrons. The van der Waals surface area contributed by atoms with E-state index in [0.717, 1.165) is 19.3 Å². The van der Waals surface area contributed by atoms with Crippen molar-refractivity contribution in [2.24, 2.45) is 7.05 Å². The first-order valence-electron chi connectivity index (χ1n) is 9.02. The molecule has 0 amide bonds. The van der Waals surface area contributed by atoms with Gasteiger partial charge in [-0.1, -0.05) is 11.6 Å². The summed E-state index contributed by atoms with van der Waals surface area (Å²) in [6.45, 7) is 9.00. The Bertz CT molecular complexity index is 640. The van der Waals surface area contributed by atoms with Gasteiger partial charge in [-0.2, -0.15) is 5.10 Å². The van der Waals surface area contributed by atoms with Crippen molar-refractivity contribution in [3.63, 3.8) is 0 Å². The van der Waals surface area contributed by atoms with Crippen LogP contribution in [0.2, 0.25) is 0 Å². The van der Waals surface area contributed by atoms with Gasteiger partial charge in [0.2, 0.25) is 0 Å². The Kier molecular flexibility index (Phi) is 5.87. The lowest BCUT2D eigenvalue weighted by molar-refractivity contribution is 0.0174. The summed E-state index contributed by atoms with van der Waals surface area (Å²) >= 11 is 0. The summed E-state index contributed by atoms with van der Waals surface area (Å²) in [6, 6.07) is 7.15. The second-order valence-electron chi connectivity index (χ2n) is 7.01. The van der Waals surface area contributed by atoms with E-state index in [2.05, 4.69) is 47.1 Å². The molecular weight excluding hydrogens is 300 g/mol. The third-order valence-electron chi connectivity index (χ3n) is 5.15. The second-order valence-corrected chi connectivity index (χ2v) is 7.01. The predicted molar refractivity (Wildman–Crippen MR) is 98.4 cm³/mol. The van der Waals surface area contributed by atoms with Crippen LogP contribution in [0.3, 0.4) is 0 Å². The van der Waals surface area contributed by atoms with Crippen molar-refractivity contribution in [1.29, 1.82) is 0 Å². The van der Waals surface area contributed by atoms with Crippen molar-refractivity contribution in [2.45, 2.75) is 25.8 Å². The Balaban J connectivity index is 0.000000143. The summed E-state index contributed by atoms with van der Waals surface area (Å²) in [5.41, 5.74) is 2.47. The van der Waals surface area contributed by atoms with Crippen LogP contribution < -0.4 is 0 Å². The van der Waals surface area contributed by atoms with Gasteiger partial charge in [0.15, 0.2) is 0 Å². The zero-order valence-corrected chi connectivity index (χ0v) is 15.2. The topological polar surface area (TPSA) is 33.5 Å². The number of piperazine rings is 1. The van der Waals surface area contributed by atoms with Crippen LogP contribution in [0.25, 0.3) is 10.9 Å². The van der Waals surface area contributed by atoms with E-state index in [1.165, 1.54) is 55.5 Å². The summed E-state index contributed by atoms with van der Waals surface area (Å²) in [5.74, 6) is 0. The smallest absolute Gasteiger partial charge is 0.0679 e. The van der Waals surface area contributed by atoms with E-state index in [-0.39, 0.29) is 0 Å². The van der Waals surface area contributed by atoms with Gasteiger partial charge in [-0.15, -0.1) is 0 Å². The lowest BCUT2D eigenvalue weighted by atomic mass is 10.1. The minimum Gasteiger partial charge on any atom is -0.381 e. The van der Waals surface area contributed by atoms with Crippen LogP contribution in [-0.2, 0) is 11.8 Å². The van der Waals surface area contributed by atoms with Gasteiger partial charge in [-0.3, -0.25) is 9.58 Å². The van der Waals surface area contributed by atoms with Crippen molar-refractivity contribution >= 4 is 10.9 Å². The first-order valence-corrected chi connectivity index (χ1v) is 9.02. The number of aromatic nitrogens is 2. The number of nitrogens with zero attached hydrogens (tertiary/aromatic N) is 4. The van der Waals surface area contributed by atoms with Gasteiger partial charge in [0.1, 0.15) is 0 Å². The molecule has 0 saturated carbocycles. The number of aryl methyl sites for hydroxylation is 2. The van der Waals surface area contributed by atoms with Gasteiger partial charge >= 0.3 is 0 Å². The molecule has 0 aliphatic carbocycles. The molecule has 1 aromatic carbocycles. The quantitative estimate of drug-likeness (QED) is 0.803. The van der Waals surface area contributed by atoms with Crippen LogP contribution in [0, 0.1) is 6.92 Å². The van der Waals surface area contributed by atoms with Crippen molar-refractivity contribution in [3.05, 3.63) is 30.0 Å². The molecule has 0 bridgehead atoms. The molecule has 2 fully saturated rings. The Morgan fingerprint density at radius 1 is 1.04 bits per heavy atom. The Morgan fingerprint density at radius 3 is 2.46 bits per heavy atom.